The molecule has 1 heterocycles. The maximum atomic E-state index is 12.5. The predicted molar refractivity (Wildman–Crippen MR) is 346 cm³/mol. The minimum Gasteiger partial charge on any atom is -0.469 e. The lowest BCUT2D eigenvalue weighted by atomic mass is 9.81. The predicted octanol–water partition coefficient (Wildman–Crippen LogP) is 19.8. The van der Waals surface area contributed by atoms with Gasteiger partial charge in [0.25, 0.3) is 0 Å². The monoisotopic (exact) mass is 1100 g/mol. The normalized spacial score (nSPS) is 15.0. The van der Waals surface area contributed by atoms with Gasteiger partial charge in [-0.3, -0.25) is 9.59 Å². The molecular weight excluding hydrogens is 1040 g/mol. The first kappa shape index (κ1) is 52.7. The average Bonchev–Trinajstić information content (AvgIpc) is 2.70. The number of fused-ring (bicyclic) bond motifs is 4. The number of methoxy groups -OCH3 is 2. The summed E-state index contributed by atoms with van der Waals surface area (Å²) in [5.74, 6) is -0.451. The fraction of sp³-hybridized carbons (Fsp3) is 0.105. The zero-order chi connectivity index (χ0) is 56.2. The molecule has 0 N–H and O–H groups in total. The van der Waals surface area contributed by atoms with E-state index in [0.29, 0.717) is 32.1 Å². The molecule has 404 valence electrons. The smallest absolute Gasteiger partial charge is 0.305 e. The number of hydrogen-bond acceptors (Lipinski definition) is 7. The molecule has 1 aliphatic carbocycles. The number of carbonyl (C=O) groups is 2. The van der Waals surface area contributed by atoms with Crippen LogP contribution in [0.15, 0.2) is 278 Å². The summed E-state index contributed by atoms with van der Waals surface area (Å²) in [5, 5.41) is 9.00. The van der Waals surface area contributed by atoms with Gasteiger partial charge in [-0.1, -0.05) is 218 Å². The second-order valence-electron chi connectivity index (χ2n) is 21.0. The highest BCUT2D eigenvalue weighted by molar-refractivity contribution is 8.09. The molecule has 0 amide bonds. The van der Waals surface area contributed by atoms with Crippen LogP contribution in [0, 0.1) is 0 Å². The quantitative estimate of drug-likeness (QED) is 0.0749. The molecule has 7 heteroatoms. The summed E-state index contributed by atoms with van der Waals surface area (Å²) in [6, 6.07) is 87.6. The highest BCUT2D eigenvalue weighted by atomic mass is 32.2. The number of allylic oxidation sites excluding steroid dienone is 6. The second kappa shape index (κ2) is 23.4. The zero-order valence-corrected chi connectivity index (χ0v) is 47.2. The van der Waals surface area contributed by atoms with Crippen molar-refractivity contribution in [1.29, 1.82) is 0 Å². The molecule has 0 spiro atoms. The summed E-state index contributed by atoms with van der Waals surface area (Å²) in [7, 11) is 2.90. The Bertz CT molecular complexity index is 4190. The number of hydrogen-bond donors (Lipinski definition) is 0. The van der Waals surface area contributed by atoms with E-state index < -0.39 is 0 Å². The molecule has 83 heavy (non-hydrogen) atoms. The van der Waals surface area contributed by atoms with E-state index in [1.807, 2.05) is 11.8 Å². The molecule has 13 rings (SSSR count). The molecule has 0 aromatic heterocycles. The van der Waals surface area contributed by atoms with Crippen molar-refractivity contribution in [2.24, 2.45) is 0 Å². The third-order valence-corrected chi connectivity index (χ3v) is 17.5. The van der Waals surface area contributed by atoms with Gasteiger partial charge in [-0.2, -0.15) is 0 Å². The molecule has 11 aromatic carbocycles. The number of nitrogens with zero attached hydrogens (tertiary/aromatic N) is 2. The number of carbonyl (C=O) groups excluding carboxylic acids is 2. The van der Waals surface area contributed by atoms with E-state index in [1.54, 1.807) is 0 Å². The van der Waals surface area contributed by atoms with Crippen molar-refractivity contribution in [2.45, 2.75) is 37.4 Å². The maximum Gasteiger partial charge on any atom is 0.305 e. The van der Waals surface area contributed by atoms with Gasteiger partial charge in [0.2, 0.25) is 0 Å². The Labute approximate surface area is 488 Å². The largest absolute Gasteiger partial charge is 0.469 e. The first-order valence-corrected chi connectivity index (χ1v) is 29.3. The molecule has 1 unspecified atom stereocenters. The lowest BCUT2D eigenvalue weighted by Gasteiger charge is -2.31. The van der Waals surface area contributed by atoms with Gasteiger partial charge >= 0.3 is 11.9 Å². The number of anilines is 6. The summed E-state index contributed by atoms with van der Waals surface area (Å²) in [5.41, 5.74) is 15.8. The molecule has 0 fully saturated rings. The number of para-hydroxylation sites is 4. The lowest BCUT2D eigenvalue weighted by molar-refractivity contribution is -0.141. The van der Waals surface area contributed by atoms with Crippen molar-refractivity contribution < 1.29 is 19.1 Å². The second-order valence-corrected chi connectivity index (χ2v) is 22.1. The van der Waals surface area contributed by atoms with Gasteiger partial charge < -0.3 is 19.3 Å². The summed E-state index contributed by atoms with van der Waals surface area (Å²) in [6.07, 6.45) is 9.25. The Hall–Kier alpha value is -9.69. The third-order valence-electron chi connectivity index (χ3n) is 16.2. The van der Waals surface area contributed by atoms with Crippen LogP contribution < -0.4 is 9.80 Å². The summed E-state index contributed by atoms with van der Waals surface area (Å²) < 4.78 is 10.2. The van der Waals surface area contributed by atoms with E-state index in [2.05, 4.69) is 271 Å². The van der Waals surface area contributed by atoms with Crippen LogP contribution in [0.2, 0.25) is 0 Å². The average molecular weight is 1100 g/mol. The minimum atomic E-state index is -0.231. The van der Waals surface area contributed by atoms with Crippen LogP contribution >= 0.6 is 11.8 Å². The molecule has 11 aromatic rings. The Morgan fingerprint density at radius 2 is 0.831 bits per heavy atom. The molecule has 0 radical (unpaired) electrons. The van der Waals surface area contributed by atoms with Crippen LogP contribution in [0.1, 0.15) is 53.2 Å². The topological polar surface area (TPSA) is 59.1 Å². The number of aryl methyl sites for hydroxylation is 1. The molecular formula is C76H60N2O4S. The van der Waals surface area contributed by atoms with E-state index in [9.17, 15) is 9.59 Å². The van der Waals surface area contributed by atoms with Crippen molar-refractivity contribution in [3.05, 3.63) is 300 Å². The Morgan fingerprint density at radius 1 is 0.446 bits per heavy atom. The van der Waals surface area contributed by atoms with Gasteiger partial charge in [-0.15, -0.1) is 11.8 Å². The SMILES string of the molecule is COC(=O)CCC1=CC/C(=C2/C(c3ccc(CCC(=O)OC)cc3)=C(c3c4ccccc4c(N(c4ccccc4)c4ccccc4)c4ccccc34)SC2c2c3ccccc3c(N(c3ccccc3)c3ccccc3)c3ccccc23)C=C1. The van der Waals surface area contributed by atoms with Crippen LogP contribution in [-0.2, 0) is 25.5 Å². The van der Waals surface area contributed by atoms with Crippen LogP contribution in [0.4, 0.5) is 34.1 Å². The highest BCUT2D eigenvalue weighted by Crippen LogP contribution is 2.64. The molecule has 1 atom stereocenters. The van der Waals surface area contributed by atoms with Crippen molar-refractivity contribution in [3.63, 3.8) is 0 Å². The molecule has 6 nitrogen and oxygen atoms in total. The number of thioether (sulfide) groups is 1. The first-order valence-electron chi connectivity index (χ1n) is 28.4. The van der Waals surface area contributed by atoms with Gasteiger partial charge in [0.15, 0.2) is 0 Å². The van der Waals surface area contributed by atoms with Crippen molar-refractivity contribution >= 4 is 111 Å². The number of ether oxygens (including phenoxy) is 2. The minimum absolute atomic E-state index is 0.211. The fourth-order valence-corrected chi connectivity index (χ4v) is 14.1. The van der Waals surface area contributed by atoms with Crippen LogP contribution in [0.3, 0.4) is 0 Å². The zero-order valence-electron chi connectivity index (χ0n) is 46.4. The van der Waals surface area contributed by atoms with Gasteiger partial charge in [0.1, 0.15) is 0 Å². The number of rotatable bonds is 15. The molecule has 0 bridgehead atoms. The Balaban J connectivity index is 1.12. The summed E-state index contributed by atoms with van der Waals surface area (Å²) >= 11 is 1.95. The highest BCUT2D eigenvalue weighted by Gasteiger charge is 2.39. The lowest BCUT2D eigenvalue weighted by Crippen LogP contribution is -2.12. The molecule has 0 saturated heterocycles. The standard InChI is InChI=1S/C76H60N2O4S/c1-81-67(79)49-43-51-39-45-53(46-40-51)69-70(54-47-41-52(42-48-54)44-50-68(80)82-2)76(72-61-33-17-21-37-65(61)74(66-38-22-18-34-62(66)72)78(57-27-11-5-12-28-57)58-29-13-6-14-30-58)83-75(69)71-59-31-15-19-35-63(59)73(64-36-20-16-32-60(64)71)77(55-23-7-3-8-24-55)56-25-9-4-10-26-56/h3-42,45-47,76H,43-44,48-50H2,1-2H3/b70-54-. The van der Waals surface area contributed by atoms with Crippen LogP contribution in [-0.4, -0.2) is 26.2 Å². The van der Waals surface area contributed by atoms with Crippen LogP contribution in [0.25, 0.3) is 53.6 Å². The summed E-state index contributed by atoms with van der Waals surface area (Å²) in [6.45, 7) is 0. The first-order chi connectivity index (χ1) is 41.0. The van der Waals surface area contributed by atoms with Gasteiger partial charge in [0.05, 0.1) is 30.8 Å². The van der Waals surface area contributed by atoms with Gasteiger partial charge in [-0.25, -0.2) is 0 Å². The molecule has 1 aliphatic heterocycles. The molecule has 2 aliphatic rings. The Morgan fingerprint density at radius 3 is 1.24 bits per heavy atom. The van der Waals surface area contributed by atoms with Crippen molar-refractivity contribution in [3.8, 4) is 0 Å². The van der Waals surface area contributed by atoms with Crippen LogP contribution in [0.5, 0.6) is 0 Å². The number of benzene rings is 11. The number of esters is 2. The van der Waals surface area contributed by atoms with E-state index >= 15 is 0 Å². The fourth-order valence-electron chi connectivity index (χ4n) is 12.4. The molecule has 0 saturated carbocycles. The van der Waals surface area contributed by atoms with E-state index in [-0.39, 0.29) is 17.2 Å². The summed E-state index contributed by atoms with van der Waals surface area (Å²) in [4.78, 5) is 31.1. The van der Waals surface area contributed by atoms with E-state index in [4.69, 9.17) is 9.47 Å². The van der Waals surface area contributed by atoms with Gasteiger partial charge in [0, 0.05) is 73.2 Å². The van der Waals surface area contributed by atoms with Crippen molar-refractivity contribution in [2.75, 3.05) is 24.0 Å². The Kier molecular flexibility index (Phi) is 14.9. The van der Waals surface area contributed by atoms with Crippen molar-refractivity contribution in [1.82, 2.24) is 0 Å². The third kappa shape index (κ3) is 10.1. The van der Waals surface area contributed by atoms with E-state index in [1.165, 1.54) is 57.7 Å². The van der Waals surface area contributed by atoms with E-state index in [0.717, 1.165) is 83.1 Å². The maximum absolute atomic E-state index is 12.5. The van der Waals surface area contributed by atoms with Gasteiger partial charge in [-0.05, 0) is 117 Å².